The number of likely N-dealkylation sites (N-methyl/N-ethyl adjacent to an activating group) is 1. The summed E-state index contributed by atoms with van der Waals surface area (Å²) >= 11 is 0. The van der Waals surface area contributed by atoms with Gasteiger partial charge in [0.2, 0.25) is 5.91 Å². The Morgan fingerprint density at radius 3 is 2.61 bits per heavy atom. The van der Waals surface area contributed by atoms with Crippen LogP contribution in [0.5, 0.6) is 0 Å². The Kier molecular flexibility index (Phi) is 7.36. The van der Waals surface area contributed by atoms with Crippen LogP contribution in [0, 0.1) is 5.82 Å². The van der Waals surface area contributed by atoms with Gasteiger partial charge in [-0.2, -0.15) is 5.10 Å². The van der Waals surface area contributed by atoms with Crippen LogP contribution in [0.1, 0.15) is 10.9 Å². The maximum Gasteiger partial charge on any atom is 0.238 e. The molecular weight excluding hydrogens is 587 g/mol. The normalized spacial score (nSPS) is 12.7. The molecule has 1 atom stereocenters. The van der Waals surface area contributed by atoms with Crippen LogP contribution < -0.4 is 11.1 Å². The summed E-state index contributed by atoms with van der Waals surface area (Å²) in [6, 6.07) is 9.31. The number of carbonyl (C=O) groups excluding carboxylic acids is 1. The molecule has 0 aliphatic carbocycles. The van der Waals surface area contributed by atoms with Gasteiger partial charge in [0.15, 0.2) is 27.0 Å². The maximum absolute atomic E-state index is 14.6. The molecule has 1 amide bonds. The summed E-state index contributed by atoms with van der Waals surface area (Å²) in [6.07, 6.45) is 7.44. The number of hydrogen-bond donors (Lipinski definition) is 4. The fraction of sp³-hybridized carbons (Fsp3) is 0.172. The van der Waals surface area contributed by atoms with Crippen molar-refractivity contribution >= 4 is 43.6 Å². The highest BCUT2D eigenvalue weighted by Crippen LogP contribution is 2.33. The number of anilines is 1. The second-order valence-corrected chi connectivity index (χ2v) is 12.8. The number of aromatic nitrogens is 7. The first-order valence-corrected chi connectivity index (χ1v) is 15.3. The number of aromatic amines is 2. The minimum absolute atomic E-state index is 0.126. The van der Waals surface area contributed by atoms with Gasteiger partial charge in [-0.25, -0.2) is 27.8 Å². The molecule has 0 aliphatic heterocycles. The standard InChI is InChI=1S/C29H27FN10O3S/c1-40(2)14-23(41)35-20-9-17(11-32-13-20)18-10-22-25(38-39-27(22)34-12-18)29-36-24-21(4-5-33-28(24)37-29)15-6-16(8-19(30)7-15)26(31)44(3,42)43/h4-13,26H,14,31H2,1-3H3,(H,35,41)(H,33,36,37)(H,34,38,39). The van der Waals surface area contributed by atoms with Crippen LogP contribution in [-0.4, -0.2) is 81.2 Å². The minimum atomic E-state index is -3.66. The highest BCUT2D eigenvalue weighted by atomic mass is 32.2. The Hall–Kier alpha value is -5.12. The molecule has 0 aliphatic rings. The van der Waals surface area contributed by atoms with E-state index in [9.17, 15) is 17.6 Å². The molecule has 0 radical (unpaired) electrons. The van der Waals surface area contributed by atoms with Crippen LogP contribution >= 0.6 is 0 Å². The molecule has 6 aromatic rings. The zero-order chi connectivity index (χ0) is 31.2. The van der Waals surface area contributed by atoms with Gasteiger partial charge in [-0.1, -0.05) is 0 Å². The van der Waals surface area contributed by atoms with Crippen molar-refractivity contribution in [2.75, 3.05) is 32.2 Å². The van der Waals surface area contributed by atoms with E-state index in [0.29, 0.717) is 50.5 Å². The van der Waals surface area contributed by atoms with Crippen LogP contribution in [0.4, 0.5) is 10.1 Å². The van der Waals surface area contributed by atoms with Crippen molar-refractivity contribution < 1.29 is 17.6 Å². The molecule has 0 saturated carbocycles. The lowest BCUT2D eigenvalue weighted by Gasteiger charge is -2.12. The van der Waals surface area contributed by atoms with Crippen LogP contribution in [0.2, 0.25) is 0 Å². The van der Waals surface area contributed by atoms with Gasteiger partial charge in [0.05, 0.1) is 29.3 Å². The fourth-order valence-electron chi connectivity index (χ4n) is 4.84. The van der Waals surface area contributed by atoms with E-state index in [0.717, 1.165) is 23.4 Å². The zero-order valence-corrected chi connectivity index (χ0v) is 24.6. The summed E-state index contributed by atoms with van der Waals surface area (Å²) in [5, 5.41) is 9.42. The first kappa shape index (κ1) is 29.0. The van der Waals surface area contributed by atoms with Crippen LogP contribution in [0.15, 0.2) is 61.2 Å². The SMILES string of the molecule is CN(C)CC(=O)Nc1cncc(-c2cnc3n[nH]c(-c4nc5nccc(-c6cc(F)cc(C(N)S(C)(=O)=O)c6)c5[nH]4)c3c2)c1. The van der Waals surface area contributed by atoms with Crippen molar-refractivity contribution in [2.24, 2.45) is 5.73 Å². The van der Waals surface area contributed by atoms with Crippen LogP contribution in [-0.2, 0) is 14.6 Å². The van der Waals surface area contributed by atoms with Crippen LogP contribution in [0.25, 0.3) is 56.0 Å². The largest absolute Gasteiger partial charge is 0.335 e. The van der Waals surface area contributed by atoms with Gasteiger partial charge in [-0.05, 0) is 61.6 Å². The third-order valence-electron chi connectivity index (χ3n) is 6.87. The summed E-state index contributed by atoms with van der Waals surface area (Å²) in [5.41, 5.74) is 10.9. The van der Waals surface area contributed by atoms with Crippen molar-refractivity contribution in [2.45, 2.75) is 5.37 Å². The van der Waals surface area contributed by atoms with E-state index in [1.54, 1.807) is 29.6 Å². The lowest BCUT2D eigenvalue weighted by atomic mass is 10.0. The molecule has 15 heteroatoms. The van der Waals surface area contributed by atoms with Gasteiger partial charge in [-0.15, -0.1) is 0 Å². The molecule has 0 fully saturated rings. The number of benzene rings is 1. The van der Waals surface area contributed by atoms with Gasteiger partial charge < -0.3 is 20.9 Å². The Morgan fingerprint density at radius 2 is 1.84 bits per heavy atom. The molecule has 5 N–H and O–H groups in total. The van der Waals surface area contributed by atoms with Gasteiger partial charge in [-0.3, -0.25) is 14.9 Å². The lowest BCUT2D eigenvalue weighted by molar-refractivity contribution is -0.116. The van der Waals surface area contributed by atoms with Gasteiger partial charge in [0.25, 0.3) is 0 Å². The van der Waals surface area contributed by atoms with Crippen LogP contribution in [0.3, 0.4) is 0 Å². The Balaban J connectivity index is 1.39. The number of rotatable bonds is 8. The second-order valence-electron chi connectivity index (χ2n) is 10.6. The summed E-state index contributed by atoms with van der Waals surface area (Å²) in [4.78, 5) is 35.0. The number of halogens is 1. The van der Waals surface area contributed by atoms with E-state index in [1.165, 1.54) is 18.3 Å². The number of hydrogen-bond acceptors (Lipinski definition) is 10. The Bertz CT molecular complexity index is 2160. The van der Waals surface area contributed by atoms with E-state index < -0.39 is 21.0 Å². The van der Waals surface area contributed by atoms with E-state index in [-0.39, 0.29) is 18.0 Å². The molecule has 0 saturated heterocycles. The van der Waals surface area contributed by atoms with E-state index >= 15 is 0 Å². The monoisotopic (exact) mass is 614 g/mol. The van der Waals surface area contributed by atoms with E-state index in [2.05, 4.69) is 40.4 Å². The molecule has 0 bridgehead atoms. The van der Waals surface area contributed by atoms with Crippen molar-refractivity contribution in [3.8, 4) is 33.8 Å². The zero-order valence-electron chi connectivity index (χ0n) is 23.8. The van der Waals surface area contributed by atoms with E-state index in [4.69, 9.17) is 5.73 Å². The third kappa shape index (κ3) is 5.75. The molecule has 1 unspecified atom stereocenters. The van der Waals surface area contributed by atoms with Crippen molar-refractivity contribution in [1.82, 2.24) is 40.0 Å². The molecule has 224 valence electrons. The molecule has 6 rings (SSSR count). The van der Waals surface area contributed by atoms with Crippen molar-refractivity contribution in [1.29, 1.82) is 0 Å². The quantitative estimate of drug-likeness (QED) is 0.198. The van der Waals surface area contributed by atoms with Gasteiger partial charge in [0.1, 0.15) is 16.9 Å². The number of sulfone groups is 1. The molecule has 1 aromatic carbocycles. The number of nitrogens with one attached hydrogen (secondary N) is 3. The number of imidazole rings is 1. The fourth-order valence-corrected chi connectivity index (χ4v) is 5.47. The Labute approximate surface area is 250 Å². The van der Waals surface area contributed by atoms with Gasteiger partial charge >= 0.3 is 0 Å². The Morgan fingerprint density at radius 1 is 1.05 bits per heavy atom. The molecule has 0 spiro atoms. The molecule has 5 aromatic heterocycles. The molecule has 5 heterocycles. The number of carbonyl (C=O) groups is 1. The topological polar surface area (TPSA) is 189 Å². The molecular formula is C29H27FN10O3S. The second kappa shape index (κ2) is 11.2. The maximum atomic E-state index is 14.6. The number of H-pyrrole nitrogens is 2. The number of nitrogens with zero attached hydrogens (tertiary/aromatic N) is 6. The minimum Gasteiger partial charge on any atom is -0.335 e. The number of amides is 1. The predicted octanol–water partition coefficient (Wildman–Crippen LogP) is 3.27. The predicted molar refractivity (Wildman–Crippen MR) is 164 cm³/mol. The smallest absolute Gasteiger partial charge is 0.238 e. The number of fused-ring (bicyclic) bond motifs is 2. The molecule has 44 heavy (non-hydrogen) atoms. The summed E-state index contributed by atoms with van der Waals surface area (Å²) < 4.78 is 38.7. The molecule has 13 nitrogen and oxygen atoms in total. The first-order valence-electron chi connectivity index (χ1n) is 13.3. The number of nitrogens with two attached hydrogens (primary N) is 1. The highest BCUT2D eigenvalue weighted by Gasteiger charge is 2.21. The van der Waals surface area contributed by atoms with Crippen molar-refractivity contribution in [3.63, 3.8) is 0 Å². The average Bonchev–Trinajstić information content (AvgIpc) is 3.59. The summed E-state index contributed by atoms with van der Waals surface area (Å²) in [6.45, 7) is 0.235. The summed E-state index contributed by atoms with van der Waals surface area (Å²) in [5.74, 6) is -0.380. The first-order chi connectivity index (χ1) is 21.0. The highest BCUT2D eigenvalue weighted by molar-refractivity contribution is 7.90. The van der Waals surface area contributed by atoms with Gasteiger partial charge in [0, 0.05) is 41.5 Å². The van der Waals surface area contributed by atoms with Crippen molar-refractivity contribution in [3.05, 3.63) is 72.6 Å². The average molecular weight is 615 g/mol. The van der Waals surface area contributed by atoms with E-state index in [1.807, 2.05) is 26.2 Å². The number of pyridine rings is 3. The summed E-state index contributed by atoms with van der Waals surface area (Å²) in [7, 11) is -0.0366. The third-order valence-corrected chi connectivity index (χ3v) is 8.07. The lowest BCUT2D eigenvalue weighted by Crippen LogP contribution is -2.27.